The predicted molar refractivity (Wildman–Crippen MR) is 141 cm³/mol. The van der Waals surface area contributed by atoms with Crippen molar-refractivity contribution >= 4 is 35.3 Å². The van der Waals surface area contributed by atoms with Crippen molar-refractivity contribution in [3.05, 3.63) is 89.0 Å². The number of carbonyl (C=O) groups is 4. The molecule has 0 radical (unpaired) electrons. The molecule has 3 aromatic carbocycles. The van der Waals surface area contributed by atoms with Crippen LogP contribution in [0.4, 0.5) is 5.69 Å². The van der Waals surface area contributed by atoms with Crippen molar-refractivity contribution in [3.63, 3.8) is 0 Å². The van der Waals surface area contributed by atoms with Crippen LogP contribution >= 0.6 is 0 Å². The summed E-state index contributed by atoms with van der Waals surface area (Å²) in [5.41, 5.74) is 5.62. The van der Waals surface area contributed by atoms with Crippen molar-refractivity contribution in [2.75, 3.05) is 5.32 Å². The van der Waals surface area contributed by atoms with Gasteiger partial charge < -0.3 is 26.6 Å². The van der Waals surface area contributed by atoms with Crippen LogP contribution in [-0.4, -0.2) is 45.3 Å². The molecule has 2 amide bonds. The third-order valence-electron chi connectivity index (χ3n) is 6.65. The van der Waals surface area contributed by atoms with E-state index in [-0.39, 0.29) is 28.1 Å². The number of benzene rings is 3. The minimum absolute atomic E-state index is 0.00571. The summed E-state index contributed by atoms with van der Waals surface area (Å²) in [7, 11) is 0. The first-order valence-electron chi connectivity index (χ1n) is 11.9. The molecule has 0 aliphatic heterocycles. The van der Waals surface area contributed by atoms with Gasteiger partial charge in [-0.1, -0.05) is 37.1 Å². The number of nitrogen functional groups attached to an aromatic ring is 1. The van der Waals surface area contributed by atoms with Gasteiger partial charge in [-0.2, -0.15) is 0 Å². The van der Waals surface area contributed by atoms with Crippen LogP contribution in [0.2, 0.25) is 0 Å². The highest BCUT2D eigenvalue weighted by atomic mass is 16.4. The molecule has 194 valence electrons. The van der Waals surface area contributed by atoms with Crippen LogP contribution in [0, 0.1) is 5.41 Å². The zero-order valence-corrected chi connectivity index (χ0v) is 20.3. The number of hydrogen-bond acceptors (Lipinski definition) is 5. The van der Waals surface area contributed by atoms with Crippen LogP contribution < -0.4 is 16.4 Å². The van der Waals surface area contributed by atoms with Crippen LogP contribution in [0.5, 0.6) is 0 Å². The Morgan fingerprint density at radius 3 is 2.00 bits per heavy atom. The number of rotatable bonds is 8. The van der Waals surface area contributed by atoms with Crippen LogP contribution in [0.3, 0.4) is 0 Å². The van der Waals surface area contributed by atoms with E-state index in [1.165, 1.54) is 18.2 Å². The number of anilines is 1. The van der Waals surface area contributed by atoms with E-state index in [4.69, 9.17) is 11.1 Å². The number of nitrogens with two attached hydrogens (primary N) is 1. The fourth-order valence-corrected chi connectivity index (χ4v) is 4.61. The maximum Gasteiger partial charge on any atom is 0.336 e. The summed E-state index contributed by atoms with van der Waals surface area (Å²) in [6.07, 6.45) is 1.95. The smallest absolute Gasteiger partial charge is 0.336 e. The van der Waals surface area contributed by atoms with Gasteiger partial charge in [-0.05, 0) is 66.4 Å². The number of aromatic carboxylic acids is 1. The molecule has 7 N–H and O–H groups in total. The summed E-state index contributed by atoms with van der Waals surface area (Å²) >= 11 is 0. The average Bonchev–Trinajstić information content (AvgIpc) is 3.38. The molecule has 1 aliphatic carbocycles. The molecule has 0 unspecified atom stereocenters. The number of hydrogen-bond donors (Lipinski definition) is 6. The number of carboxylic acid groups (broad SMARTS) is 2. The van der Waals surface area contributed by atoms with Gasteiger partial charge in [-0.25, -0.2) is 9.59 Å². The molecule has 0 bridgehead atoms. The second-order valence-electron chi connectivity index (χ2n) is 9.10. The lowest BCUT2D eigenvalue weighted by Crippen LogP contribution is -2.52. The maximum absolute atomic E-state index is 13.1. The van der Waals surface area contributed by atoms with E-state index in [0.29, 0.717) is 42.5 Å². The Morgan fingerprint density at radius 2 is 1.39 bits per heavy atom. The van der Waals surface area contributed by atoms with Gasteiger partial charge in [0.2, 0.25) is 0 Å². The molecule has 0 atom stereocenters. The van der Waals surface area contributed by atoms with Gasteiger partial charge in [0.25, 0.3) is 11.8 Å². The fourth-order valence-electron chi connectivity index (χ4n) is 4.61. The van der Waals surface area contributed by atoms with Crippen LogP contribution in [0.1, 0.15) is 62.3 Å². The molecule has 3 aromatic rings. The summed E-state index contributed by atoms with van der Waals surface area (Å²) in [6.45, 7) is 0. The molecule has 4 rings (SSSR count). The predicted octanol–water partition coefficient (Wildman–Crippen LogP) is 3.72. The van der Waals surface area contributed by atoms with E-state index < -0.39 is 29.3 Å². The molecule has 0 spiro atoms. The first-order chi connectivity index (χ1) is 18.1. The van der Waals surface area contributed by atoms with Gasteiger partial charge in [0.1, 0.15) is 11.4 Å². The Balaban J connectivity index is 1.65. The molecule has 1 saturated carbocycles. The lowest BCUT2D eigenvalue weighted by Gasteiger charge is -2.25. The number of carboxylic acids is 2. The Kier molecular flexibility index (Phi) is 7.24. The molecule has 0 saturated heterocycles. The minimum atomic E-state index is -1.37. The Labute approximate surface area is 218 Å². The Bertz CT molecular complexity index is 1440. The SMILES string of the molecule is N=C(N)c1ccc(NC(=O)c2ccccc2-c2ccc(C(=O)NC3(C(=O)O)CCCC3)cc2C(=O)O)cc1. The third kappa shape index (κ3) is 5.24. The third-order valence-corrected chi connectivity index (χ3v) is 6.65. The number of amides is 2. The average molecular weight is 515 g/mol. The van der Waals surface area contributed by atoms with E-state index in [1.54, 1.807) is 48.5 Å². The molecular formula is C28H26N4O6. The van der Waals surface area contributed by atoms with Crippen LogP contribution in [0.15, 0.2) is 66.7 Å². The molecule has 10 heteroatoms. The van der Waals surface area contributed by atoms with Crippen LogP contribution in [-0.2, 0) is 4.79 Å². The summed E-state index contributed by atoms with van der Waals surface area (Å²) in [4.78, 5) is 50.1. The number of carbonyl (C=O) groups excluding carboxylic acids is 2. The Morgan fingerprint density at radius 1 is 0.789 bits per heavy atom. The van der Waals surface area contributed by atoms with E-state index in [1.807, 2.05) is 0 Å². The largest absolute Gasteiger partial charge is 0.480 e. The standard InChI is InChI=1S/C28H26N4O6/c29-23(30)16-7-10-18(11-8-16)31-25(34)21-6-2-1-5-19(21)20-12-9-17(15-22(20)26(35)36)24(33)32-28(27(37)38)13-3-4-14-28/h1-2,5-12,15H,3-4,13-14H2,(H3,29,30)(H,31,34)(H,32,33)(H,35,36)(H,37,38). The number of nitrogens with one attached hydrogen (secondary N) is 3. The van der Waals surface area contributed by atoms with Crippen molar-refractivity contribution < 1.29 is 29.4 Å². The summed E-state index contributed by atoms with van der Waals surface area (Å²) in [5.74, 6) is -3.69. The second kappa shape index (κ2) is 10.6. The highest BCUT2D eigenvalue weighted by molar-refractivity contribution is 6.11. The van der Waals surface area contributed by atoms with Gasteiger partial charge in [-0.15, -0.1) is 0 Å². The van der Waals surface area contributed by atoms with E-state index >= 15 is 0 Å². The van der Waals surface area contributed by atoms with Gasteiger partial charge >= 0.3 is 11.9 Å². The van der Waals surface area contributed by atoms with Crippen molar-refractivity contribution in [1.82, 2.24) is 5.32 Å². The lowest BCUT2D eigenvalue weighted by molar-refractivity contribution is -0.144. The zero-order chi connectivity index (χ0) is 27.4. The highest BCUT2D eigenvalue weighted by Gasteiger charge is 2.42. The maximum atomic E-state index is 13.1. The molecule has 1 fully saturated rings. The fraction of sp³-hybridized carbons (Fsp3) is 0.179. The monoisotopic (exact) mass is 514 g/mol. The summed E-state index contributed by atoms with van der Waals surface area (Å²) in [6, 6.07) is 16.9. The Hall–Kier alpha value is -4.99. The molecule has 1 aliphatic rings. The molecule has 10 nitrogen and oxygen atoms in total. The summed E-state index contributed by atoms with van der Waals surface area (Å²) < 4.78 is 0. The van der Waals surface area contributed by atoms with Crippen molar-refractivity contribution in [1.29, 1.82) is 5.41 Å². The first kappa shape index (κ1) is 26.1. The topological polar surface area (TPSA) is 183 Å². The molecule has 38 heavy (non-hydrogen) atoms. The second-order valence-corrected chi connectivity index (χ2v) is 9.10. The highest BCUT2D eigenvalue weighted by Crippen LogP contribution is 2.32. The number of amidine groups is 1. The van der Waals surface area contributed by atoms with E-state index in [0.717, 1.165) is 0 Å². The van der Waals surface area contributed by atoms with Crippen molar-refractivity contribution in [3.8, 4) is 11.1 Å². The quantitative estimate of drug-likeness (QED) is 0.195. The first-order valence-corrected chi connectivity index (χ1v) is 11.9. The molecule has 0 heterocycles. The van der Waals surface area contributed by atoms with Gasteiger partial charge in [0, 0.05) is 22.4 Å². The van der Waals surface area contributed by atoms with Gasteiger partial charge in [0.05, 0.1) is 5.56 Å². The van der Waals surface area contributed by atoms with Crippen molar-refractivity contribution in [2.24, 2.45) is 5.73 Å². The number of aliphatic carboxylic acids is 1. The molecular weight excluding hydrogens is 488 g/mol. The van der Waals surface area contributed by atoms with Gasteiger partial charge in [0.15, 0.2) is 0 Å². The molecule has 0 aromatic heterocycles. The van der Waals surface area contributed by atoms with Gasteiger partial charge in [-0.3, -0.25) is 15.0 Å². The summed E-state index contributed by atoms with van der Waals surface area (Å²) in [5, 5.41) is 32.4. The zero-order valence-electron chi connectivity index (χ0n) is 20.3. The minimum Gasteiger partial charge on any atom is -0.480 e. The van der Waals surface area contributed by atoms with E-state index in [2.05, 4.69) is 10.6 Å². The van der Waals surface area contributed by atoms with Crippen molar-refractivity contribution in [2.45, 2.75) is 31.2 Å². The normalized spacial score (nSPS) is 13.9. The van der Waals surface area contributed by atoms with E-state index in [9.17, 15) is 29.4 Å². The lowest BCUT2D eigenvalue weighted by atomic mass is 9.92. The van der Waals surface area contributed by atoms with Crippen LogP contribution in [0.25, 0.3) is 11.1 Å².